The van der Waals surface area contributed by atoms with E-state index < -0.39 is 23.6 Å². The van der Waals surface area contributed by atoms with Crippen molar-refractivity contribution in [2.75, 3.05) is 6.54 Å². The molecule has 0 spiro atoms. The van der Waals surface area contributed by atoms with Gasteiger partial charge in [-0.3, -0.25) is 14.4 Å². The third-order valence-electron chi connectivity index (χ3n) is 4.71. The van der Waals surface area contributed by atoms with E-state index in [0.717, 1.165) is 5.56 Å². The highest BCUT2D eigenvalue weighted by Gasteiger charge is 2.44. The summed E-state index contributed by atoms with van der Waals surface area (Å²) < 4.78 is 0. The second kappa shape index (κ2) is 8.92. The lowest BCUT2D eigenvalue weighted by Crippen LogP contribution is -2.57. The zero-order valence-electron chi connectivity index (χ0n) is 16.7. The Kier molecular flexibility index (Phi) is 7.06. The molecule has 1 aromatic rings. The minimum absolute atomic E-state index is 0.0596. The summed E-state index contributed by atoms with van der Waals surface area (Å²) in [6, 6.07) is 5.51. The van der Waals surface area contributed by atoms with Crippen molar-refractivity contribution in [1.29, 1.82) is 0 Å². The maximum absolute atomic E-state index is 13.1. The summed E-state index contributed by atoms with van der Waals surface area (Å²) in [7, 11) is 0. The Hall–Kier alpha value is -2.12. The molecule has 7 nitrogen and oxygen atoms in total. The minimum Gasteiger partial charge on any atom is -0.391 e. The number of likely N-dealkylation sites (tertiary alicyclic amines) is 1. The largest absolute Gasteiger partial charge is 0.391 e. The fraction of sp³-hybridized carbons (Fsp3) is 0.550. The predicted molar refractivity (Wildman–Crippen MR) is 106 cm³/mol. The van der Waals surface area contributed by atoms with Gasteiger partial charge in [-0.25, -0.2) is 0 Å². The highest BCUT2D eigenvalue weighted by Crippen LogP contribution is 2.26. The van der Waals surface area contributed by atoms with E-state index in [-0.39, 0.29) is 30.7 Å². The van der Waals surface area contributed by atoms with Gasteiger partial charge in [0.15, 0.2) is 0 Å². The highest BCUT2D eigenvalue weighted by molar-refractivity contribution is 6.30. The van der Waals surface area contributed by atoms with Crippen molar-refractivity contribution in [3.8, 4) is 0 Å². The van der Waals surface area contributed by atoms with Crippen LogP contribution in [0.3, 0.4) is 0 Å². The van der Waals surface area contributed by atoms with Crippen LogP contribution in [-0.2, 0) is 20.9 Å². The Morgan fingerprint density at radius 1 is 1.25 bits per heavy atom. The summed E-state index contributed by atoms with van der Waals surface area (Å²) in [6.07, 6.45) is -0.622. The van der Waals surface area contributed by atoms with Gasteiger partial charge in [-0.15, -0.1) is 0 Å². The van der Waals surface area contributed by atoms with E-state index in [4.69, 9.17) is 11.6 Å². The molecule has 3 amide bonds. The summed E-state index contributed by atoms with van der Waals surface area (Å²) in [5, 5.41) is 16.2. The monoisotopic (exact) mass is 409 g/mol. The minimum atomic E-state index is -0.790. The summed E-state index contributed by atoms with van der Waals surface area (Å²) in [5.74, 6) is -1.03. The van der Waals surface area contributed by atoms with Gasteiger partial charge in [0.25, 0.3) is 0 Å². The Morgan fingerprint density at radius 3 is 2.39 bits per heavy atom. The summed E-state index contributed by atoms with van der Waals surface area (Å²) in [5.41, 5.74) is 0.334. The number of nitrogens with one attached hydrogen (secondary N) is 2. The molecule has 1 aliphatic rings. The Morgan fingerprint density at radius 2 is 1.86 bits per heavy atom. The van der Waals surface area contributed by atoms with E-state index in [2.05, 4.69) is 10.6 Å². The zero-order valence-corrected chi connectivity index (χ0v) is 17.4. The number of hydrogen-bond acceptors (Lipinski definition) is 4. The number of nitrogens with zero attached hydrogens (tertiary/aromatic N) is 1. The van der Waals surface area contributed by atoms with Crippen molar-refractivity contribution in [2.24, 2.45) is 5.41 Å². The lowest BCUT2D eigenvalue weighted by Gasteiger charge is -2.35. The number of amides is 3. The molecule has 28 heavy (non-hydrogen) atoms. The van der Waals surface area contributed by atoms with Crippen molar-refractivity contribution in [2.45, 2.75) is 58.8 Å². The number of benzene rings is 1. The first-order valence-corrected chi connectivity index (χ1v) is 9.64. The predicted octanol–water partition coefficient (Wildman–Crippen LogP) is 1.47. The third kappa shape index (κ3) is 5.69. The van der Waals surface area contributed by atoms with Crippen molar-refractivity contribution >= 4 is 29.3 Å². The van der Waals surface area contributed by atoms with Crippen molar-refractivity contribution in [1.82, 2.24) is 15.5 Å². The van der Waals surface area contributed by atoms with E-state index in [9.17, 15) is 19.5 Å². The second-order valence-corrected chi connectivity index (χ2v) is 8.68. The number of aliphatic hydroxyl groups is 1. The molecule has 154 valence electrons. The Balaban J connectivity index is 2.11. The highest BCUT2D eigenvalue weighted by atomic mass is 35.5. The number of carbonyl (C=O) groups is 3. The molecular formula is C20H28ClN3O4. The maximum Gasteiger partial charge on any atom is 0.246 e. The van der Waals surface area contributed by atoms with Gasteiger partial charge in [-0.05, 0) is 23.1 Å². The molecule has 8 heteroatoms. The second-order valence-electron chi connectivity index (χ2n) is 8.24. The molecule has 1 aliphatic heterocycles. The molecular weight excluding hydrogens is 382 g/mol. The molecule has 0 unspecified atom stereocenters. The first-order chi connectivity index (χ1) is 13.0. The molecule has 0 saturated carbocycles. The first-order valence-electron chi connectivity index (χ1n) is 9.27. The summed E-state index contributed by atoms with van der Waals surface area (Å²) in [6.45, 7) is 7.22. The molecule has 1 fully saturated rings. The van der Waals surface area contributed by atoms with E-state index >= 15 is 0 Å². The zero-order chi connectivity index (χ0) is 21.1. The topological polar surface area (TPSA) is 98.7 Å². The van der Waals surface area contributed by atoms with Crippen LogP contribution in [0.4, 0.5) is 0 Å². The van der Waals surface area contributed by atoms with Gasteiger partial charge in [-0.1, -0.05) is 44.5 Å². The van der Waals surface area contributed by atoms with Crippen LogP contribution in [0.1, 0.15) is 39.7 Å². The number of rotatable bonds is 5. The molecule has 0 bridgehead atoms. The van der Waals surface area contributed by atoms with Crippen LogP contribution in [0.25, 0.3) is 0 Å². The van der Waals surface area contributed by atoms with Gasteiger partial charge in [-0.2, -0.15) is 0 Å². The molecule has 1 aromatic carbocycles. The van der Waals surface area contributed by atoms with Crippen LogP contribution in [0, 0.1) is 5.41 Å². The van der Waals surface area contributed by atoms with Crippen LogP contribution in [0.15, 0.2) is 24.3 Å². The average Bonchev–Trinajstić information content (AvgIpc) is 2.99. The van der Waals surface area contributed by atoms with Crippen molar-refractivity contribution < 1.29 is 19.5 Å². The van der Waals surface area contributed by atoms with E-state index in [0.29, 0.717) is 11.6 Å². The third-order valence-corrected chi connectivity index (χ3v) is 4.96. The summed E-state index contributed by atoms with van der Waals surface area (Å²) >= 11 is 5.86. The number of aliphatic hydroxyl groups excluding tert-OH is 1. The maximum atomic E-state index is 13.1. The molecule has 3 N–H and O–H groups in total. The van der Waals surface area contributed by atoms with Crippen LogP contribution in [-0.4, -0.2) is 52.5 Å². The van der Waals surface area contributed by atoms with E-state index in [1.807, 2.05) is 20.8 Å². The van der Waals surface area contributed by atoms with Gasteiger partial charge in [0.1, 0.15) is 12.1 Å². The van der Waals surface area contributed by atoms with Gasteiger partial charge >= 0.3 is 0 Å². The van der Waals surface area contributed by atoms with Gasteiger partial charge in [0.05, 0.1) is 6.10 Å². The van der Waals surface area contributed by atoms with E-state index in [1.54, 1.807) is 24.3 Å². The Bertz CT molecular complexity index is 730. The number of halogens is 1. The molecule has 2 rings (SSSR count). The van der Waals surface area contributed by atoms with Crippen LogP contribution < -0.4 is 10.6 Å². The van der Waals surface area contributed by atoms with Gasteiger partial charge in [0.2, 0.25) is 17.7 Å². The molecule has 0 radical (unpaired) electrons. The fourth-order valence-electron chi connectivity index (χ4n) is 3.23. The normalized spacial score (nSPS) is 20.6. The van der Waals surface area contributed by atoms with Crippen LogP contribution in [0.5, 0.6) is 0 Å². The van der Waals surface area contributed by atoms with Gasteiger partial charge in [0, 0.05) is 31.5 Å². The Labute approximate surface area is 170 Å². The molecule has 1 saturated heterocycles. The molecule has 1 heterocycles. The quantitative estimate of drug-likeness (QED) is 0.685. The summed E-state index contributed by atoms with van der Waals surface area (Å²) in [4.78, 5) is 38.7. The first kappa shape index (κ1) is 22.2. The number of carbonyl (C=O) groups excluding carboxylic acids is 3. The van der Waals surface area contributed by atoms with Crippen LogP contribution in [0.2, 0.25) is 5.02 Å². The molecule has 0 aromatic heterocycles. The SMILES string of the molecule is CC(=O)N[C@@H](C(=O)N1C[C@H](O)C[C@H]1C(=O)NCc1ccc(Cl)cc1)C(C)(C)C. The molecule has 3 atom stereocenters. The van der Waals surface area contributed by atoms with Gasteiger partial charge < -0.3 is 20.6 Å². The van der Waals surface area contributed by atoms with E-state index in [1.165, 1.54) is 11.8 Å². The smallest absolute Gasteiger partial charge is 0.246 e. The van der Waals surface area contributed by atoms with Crippen molar-refractivity contribution in [3.05, 3.63) is 34.9 Å². The standard InChI is InChI=1S/C20H28ClN3O4/c1-12(25)23-17(20(2,3)4)19(28)24-11-15(26)9-16(24)18(27)22-10-13-5-7-14(21)8-6-13/h5-8,15-17,26H,9-11H2,1-4H3,(H,22,27)(H,23,25)/t15-,16+,17+/m1/s1. The molecule has 0 aliphatic carbocycles. The fourth-order valence-corrected chi connectivity index (χ4v) is 3.36. The average molecular weight is 410 g/mol. The van der Waals surface area contributed by atoms with Crippen LogP contribution >= 0.6 is 11.6 Å². The number of β-amino-alcohol motifs (C(OH)–C–C–N with tert-alkyl or cyclic N) is 1. The lowest BCUT2D eigenvalue weighted by molar-refractivity contribution is -0.143. The number of hydrogen-bond donors (Lipinski definition) is 3. The van der Waals surface area contributed by atoms with Crippen molar-refractivity contribution in [3.63, 3.8) is 0 Å². The lowest BCUT2D eigenvalue weighted by atomic mass is 9.85.